The Bertz CT molecular complexity index is 1260. The number of hydrogen-bond donors (Lipinski definition) is 1. The van der Waals surface area contributed by atoms with Crippen molar-refractivity contribution >= 4 is 5.91 Å². The molecular weight excluding hydrogens is 472 g/mol. The molecule has 3 heterocycles. The predicted octanol–water partition coefficient (Wildman–Crippen LogP) is 5.95. The van der Waals surface area contributed by atoms with Crippen molar-refractivity contribution in [2.45, 2.75) is 114 Å². The van der Waals surface area contributed by atoms with Gasteiger partial charge in [-0.05, 0) is 57.4 Å². The van der Waals surface area contributed by atoms with E-state index < -0.39 is 49.4 Å². The van der Waals surface area contributed by atoms with Crippen LogP contribution in [0.5, 0.6) is 0 Å². The molecule has 3 aliphatic rings. The van der Waals surface area contributed by atoms with Gasteiger partial charge in [0.1, 0.15) is 11.6 Å². The number of fused-ring (bicyclic) bond motifs is 2. The van der Waals surface area contributed by atoms with Crippen LogP contribution in [0, 0.1) is 12.8 Å². The van der Waals surface area contributed by atoms with E-state index in [-0.39, 0.29) is 5.92 Å². The fraction of sp³-hybridized carbons (Fsp3) is 0.690. The molecule has 3 atom stereocenters. The quantitative estimate of drug-likeness (QED) is 0.469. The van der Waals surface area contributed by atoms with Crippen LogP contribution in [-0.2, 0) is 4.79 Å². The molecule has 5 rings (SSSR count). The van der Waals surface area contributed by atoms with Gasteiger partial charge in [-0.1, -0.05) is 44.2 Å². The molecule has 0 spiro atoms. The van der Waals surface area contributed by atoms with Crippen molar-refractivity contribution in [3.05, 3.63) is 47.5 Å². The first-order chi connectivity index (χ1) is 19.6. The van der Waals surface area contributed by atoms with Gasteiger partial charge < -0.3 is 9.88 Å². The van der Waals surface area contributed by atoms with Gasteiger partial charge in [-0.25, -0.2) is 8.78 Å². The van der Waals surface area contributed by atoms with Crippen molar-refractivity contribution < 1.29 is 20.4 Å². The molecule has 3 fully saturated rings. The van der Waals surface area contributed by atoms with Crippen molar-refractivity contribution in [3.8, 4) is 0 Å². The Morgan fingerprint density at radius 1 is 1.11 bits per heavy atom. The highest BCUT2D eigenvalue weighted by Gasteiger charge is 2.42. The minimum atomic E-state index is -4.31. The van der Waals surface area contributed by atoms with Crippen molar-refractivity contribution in [2.24, 2.45) is 5.89 Å². The molecule has 2 bridgehead atoms. The molecule has 2 aromatic rings. The lowest BCUT2D eigenvalue weighted by atomic mass is 9.86. The van der Waals surface area contributed by atoms with Crippen molar-refractivity contribution in [2.75, 3.05) is 6.54 Å². The van der Waals surface area contributed by atoms with Crippen LogP contribution >= 0.6 is 0 Å². The first kappa shape index (κ1) is 20.6. The minimum Gasteiger partial charge on any atom is -0.349 e. The molecule has 6 nitrogen and oxygen atoms in total. The lowest BCUT2D eigenvalue weighted by molar-refractivity contribution is -0.130. The fourth-order valence-electron chi connectivity index (χ4n) is 6.32. The van der Waals surface area contributed by atoms with Gasteiger partial charge in [0.05, 0.1) is 6.04 Å². The Balaban J connectivity index is 1.31. The molecule has 8 heteroatoms. The van der Waals surface area contributed by atoms with Crippen LogP contribution in [0.15, 0.2) is 30.3 Å². The van der Waals surface area contributed by atoms with Gasteiger partial charge in [0.15, 0.2) is 0 Å². The second kappa shape index (κ2) is 10.8. The lowest BCUT2D eigenvalue weighted by Crippen LogP contribution is -2.45. The van der Waals surface area contributed by atoms with Gasteiger partial charge in [0.25, 0.3) is 0 Å². The van der Waals surface area contributed by atoms with E-state index in [0.717, 1.165) is 42.9 Å². The van der Waals surface area contributed by atoms with Crippen molar-refractivity contribution in [1.82, 2.24) is 25.0 Å². The van der Waals surface area contributed by atoms with E-state index in [1.165, 1.54) is 0 Å². The molecule has 1 aliphatic carbocycles. The molecule has 202 valence electrons. The van der Waals surface area contributed by atoms with Crippen LogP contribution in [0.3, 0.4) is 0 Å². The zero-order valence-electron chi connectivity index (χ0n) is 26.9. The second-order valence-corrected chi connectivity index (χ2v) is 11.0. The first-order valence-corrected chi connectivity index (χ1v) is 13.5. The van der Waals surface area contributed by atoms with Crippen LogP contribution in [0.4, 0.5) is 8.78 Å². The maximum atomic E-state index is 14.5. The number of rotatable bonds is 8. The number of carbonyl (C=O) groups excluding carboxylic acids is 1. The Morgan fingerprint density at radius 3 is 2.38 bits per heavy atom. The number of hydrogen-bond acceptors (Lipinski definition) is 4. The number of nitrogens with zero attached hydrogens (tertiary/aromatic N) is 4. The maximum absolute atomic E-state index is 14.5. The third-order valence-corrected chi connectivity index (χ3v) is 8.19. The number of nitrogens with one attached hydrogen (secondary N) is 1. The summed E-state index contributed by atoms with van der Waals surface area (Å²) >= 11 is 0. The molecule has 1 N–H and O–H groups in total. The number of halogens is 2. The number of alkyl halides is 2. The van der Waals surface area contributed by atoms with E-state index in [0.29, 0.717) is 31.1 Å². The highest BCUT2D eigenvalue weighted by Crippen LogP contribution is 2.42. The van der Waals surface area contributed by atoms with E-state index >= 15 is 0 Å². The summed E-state index contributed by atoms with van der Waals surface area (Å²) in [6.07, 6.45) is -4.21. The SMILES string of the molecule is [2H]C1(C(=O)NC(CCN2C3CCC2CC(n2c(C)nnc2C(C)C)C3)c2ccccc2)CC([2H])([2H])C(F)(F)C([2H])([2H])C1. The highest BCUT2D eigenvalue weighted by atomic mass is 19.3. The summed E-state index contributed by atoms with van der Waals surface area (Å²) in [4.78, 5) is 16.0. The predicted molar refractivity (Wildman–Crippen MR) is 139 cm³/mol. The molecule has 1 aromatic heterocycles. The zero-order valence-corrected chi connectivity index (χ0v) is 21.9. The summed E-state index contributed by atoms with van der Waals surface area (Å²) in [7, 11) is 0. The fourth-order valence-corrected chi connectivity index (χ4v) is 6.32. The third kappa shape index (κ3) is 5.74. The summed E-state index contributed by atoms with van der Waals surface area (Å²) in [6, 6.07) is 9.77. The van der Waals surface area contributed by atoms with Gasteiger partial charge in [-0.3, -0.25) is 9.69 Å². The number of aromatic nitrogens is 3. The van der Waals surface area contributed by atoms with E-state index in [1.807, 2.05) is 37.3 Å². The summed E-state index contributed by atoms with van der Waals surface area (Å²) < 4.78 is 71.3. The monoisotopic (exact) mass is 518 g/mol. The van der Waals surface area contributed by atoms with Crippen LogP contribution in [-0.4, -0.2) is 50.1 Å². The number of amides is 1. The summed E-state index contributed by atoms with van der Waals surface area (Å²) in [5.41, 5.74) is 0.797. The number of piperidine rings is 1. The molecule has 37 heavy (non-hydrogen) atoms. The molecule has 2 saturated heterocycles. The summed E-state index contributed by atoms with van der Waals surface area (Å²) in [5, 5.41) is 11.6. The van der Waals surface area contributed by atoms with Gasteiger partial charge in [0, 0.05) is 56.1 Å². The molecule has 1 saturated carbocycles. The van der Waals surface area contributed by atoms with E-state index in [4.69, 9.17) is 6.85 Å². The van der Waals surface area contributed by atoms with Crippen molar-refractivity contribution in [1.29, 1.82) is 0 Å². The number of aryl methyl sites for hydroxylation is 1. The standard InChI is InChI=1S/C29H41F2N5O/c1-19(2)27-34-33-20(3)36(27)25-17-23-9-10-24(18-25)35(23)16-13-26(21-7-5-4-6-8-21)32-28(37)22-11-14-29(30,31)15-12-22/h4-8,19,22-26H,9-18H2,1-3H3,(H,32,37)/i14D2,15D2,22D. The Kier molecular flexibility index (Phi) is 6.01. The molecule has 3 unspecified atom stereocenters. The van der Waals surface area contributed by atoms with Crippen LogP contribution < -0.4 is 5.32 Å². The number of benzene rings is 1. The maximum Gasteiger partial charge on any atom is 0.248 e. The van der Waals surface area contributed by atoms with Gasteiger partial charge in [-0.2, -0.15) is 0 Å². The van der Waals surface area contributed by atoms with Gasteiger partial charge in [-0.15, -0.1) is 10.2 Å². The Morgan fingerprint density at radius 2 is 1.76 bits per heavy atom. The normalized spacial score (nSPS) is 32.5. The Labute approximate surface area is 226 Å². The molecule has 0 radical (unpaired) electrons. The average Bonchev–Trinajstić information content (AvgIpc) is 3.40. The molecule has 1 aromatic carbocycles. The third-order valence-electron chi connectivity index (χ3n) is 8.19. The summed E-state index contributed by atoms with van der Waals surface area (Å²) in [6.45, 7) is 6.95. The molecule has 2 aliphatic heterocycles. The van der Waals surface area contributed by atoms with Crippen molar-refractivity contribution in [3.63, 3.8) is 0 Å². The summed E-state index contributed by atoms with van der Waals surface area (Å²) in [5.74, 6) is -5.39. The average molecular weight is 519 g/mol. The van der Waals surface area contributed by atoms with Gasteiger partial charge in [0.2, 0.25) is 11.8 Å². The number of carbonyl (C=O) groups is 1. The topological polar surface area (TPSA) is 63.1 Å². The van der Waals surface area contributed by atoms with Crippen LogP contribution in [0.2, 0.25) is 0 Å². The zero-order chi connectivity index (χ0) is 30.7. The molecule has 1 amide bonds. The van der Waals surface area contributed by atoms with E-state index in [1.54, 1.807) is 0 Å². The smallest absolute Gasteiger partial charge is 0.248 e. The minimum absolute atomic E-state index is 0.276. The van der Waals surface area contributed by atoms with Gasteiger partial charge >= 0.3 is 0 Å². The molecular formula is C29H41F2N5O. The largest absolute Gasteiger partial charge is 0.349 e. The van der Waals surface area contributed by atoms with E-state index in [2.05, 4.69) is 38.8 Å². The highest BCUT2D eigenvalue weighted by molar-refractivity contribution is 5.79. The van der Waals surface area contributed by atoms with Crippen LogP contribution in [0.1, 0.15) is 114 Å². The van der Waals surface area contributed by atoms with E-state index in [9.17, 15) is 13.6 Å². The lowest BCUT2D eigenvalue weighted by Gasteiger charge is -2.40. The first-order valence-electron chi connectivity index (χ1n) is 16.0. The Hall–Kier alpha value is -2.35. The van der Waals surface area contributed by atoms with Crippen LogP contribution in [0.25, 0.3) is 0 Å². The second-order valence-electron chi connectivity index (χ2n) is 11.0.